The highest BCUT2D eigenvalue weighted by Crippen LogP contribution is 2.33. The number of alkyl halides is 3. The van der Waals surface area contributed by atoms with Crippen molar-refractivity contribution in [3.05, 3.63) is 94.5 Å². The van der Waals surface area contributed by atoms with E-state index in [-0.39, 0.29) is 23.2 Å². The quantitative estimate of drug-likeness (QED) is 0.276. The van der Waals surface area contributed by atoms with E-state index in [2.05, 4.69) is 5.32 Å². The molecule has 0 spiro atoms. The van der Waals surface area contributed by atoms with Gasteiger partial charge in [0.15, 0.2) is 0 Å². The number of rotatable bonds is 11. The van der Waals surface area contributed by atoms with Gasteiger partial charge in [0.2, 0.25) is 11.8 Å². The Labute approximate surface area is 249 Å². The number of carbonyl (C=O) groups excluding carboxylic acids is 2. The Kier molecular flexibility index (Phi) is 10.7. The van der Waals surface area contributed by atoms with E-state index < -0.39 is 46.2 Å². The fourth-order valence-corrected chi connectivity index (χ4v) is 5.70. The van der Waals surface area contributed by atoms with Crippen LogP contribution >= 0.6 is 11.6 Å². The highest BCUT2D eigenvalue weighted by Gasteiger charge is 2.35. The highest BCUT2D eigenvalue weighted by atomic mass is 35.5. The minimum Gasteiger partial charge on any atom is -0.352 e. The predicted molar refractivity (Wildman–Crippen MR) is 157 cm³/mol. The van der Waals surface area contributed by atoms with Gasteiger partial charge in [0.25, 0.3) is 10.0 Å². The second kappa shape index (κ2) is 13.6. The van der Waals surface area contributed by atoms with Crippen LogP contribution in [-0.4, -0.2) is 43.8 Å². The minimum atomic E-state index is -4.75. The summed E-state index contributed by atoms with van der Waals surface area (Å²) in [4.78, 5) is 28.0. The van der Waals surface area contributed by atoms with E-state index in [9.17, 15) is 31.2 Å². The molecule has 3 rings (SSSR count). The van der Waals surface area contributed by atoms with Crippen molar-refractivity contribution in [2.75, 3.05) is 10.8 Å². The zero-order chi connectivity index (χ0) is 31.2. The molecule has 0 saturated carbocycles. The molecule has 0 aliphatic rings. The number of sulfonamides is 1. The van der Waals surface area contributed by atoms with Crippen LogP contribution in [0.5, 0.6) is 0 Å². The maximum absolute atomic E-state index is 13.9. The van der Waals surface area contributed by atoms with Gasteiger partial charge in [-0.3, -0.25) is 13.9 Å². The predicted octanol–water partition coefficient (Wildman–Crippen LogP) is 6.19. The Morgan fingerprint density at radius 2 is 1.62 bits per heavy atom. The van der Waals surface area contributed by atoms with Gasteiger partial charge >= 0.3 is 6.18 Å². The van der Waals surface area contributed by atoms with Crippen LogP contribution in [0.2, 0.25) is 5.02 Å². The third kappa shape index (κ3) is 8.25. The molecular formula is C30H33ClF3N3O4S. The van der Waals surface area contributed by atoms with Crippen molar-refractivity contribution < 1.29 is 31.2 Å². The molecule has 0 radical (unpaired) electrons. The fraction of sp³-hybridized carbons (Fsp3) is 0.333. The number of benzene rings is 3. The van der Waals surface area contributed by atoms with Crippen molar-refractivity contribution in [1.82, 2.24) is 10.2 Å². The van der Waals surface area contributed by atoms with Crippen LogP contribution < -0.4 is 9.62 Å². The van der Waals surface area contributed by atoms with Gasteiger partial charge in [0.1, 0.15) is 12.6 Å². The van der Waals surface area contributed by atoms with E-state index in [1.54, 1.807) is 50.2 Å². The molecule has 0 aromatic heterocycles. The number of halogens is 4. The molecule has 0 saturated heterocycles. The number of nitrogens with one attached hydrogen (secondary N) is 1. The van der Waals surface area contributed by atoms with Crippen LogP contribution in [0.15, 0.2) is 77.7 Å². The number of nitrogens with zero attached hydrogens (tertiary/aromatic N) is 2. The molecule has 0 aliphatic heterocycles. The molecule has 0 bridgehead atoms. The Morgan fingerprint density at radius 3 is 2.21 bits per heavy atom. The van der Waals surface area contributed by atoms with Crippen LogP contribution in [0.4, 0.5) is 18.9 Å². The van der Waals surface area contributed by atoms with E-state index in [0.717, 1.165) is 17.7 Å². The molecule has 0 heterocycles. The summed E-state index contributed by atoms with van der Waals surface area (Å²) < 4.78 is 69.1. The van der Waals surface area contributed by atoms with Gasteiger partial charge < -0.3 is 10.2 Å². The minimum absolute atomic E-state index is 0.102. The van der Waals surface area contributed by atoms with Crippen LogP contribution in [0.1, 0.15) is 43.9 Å². The normalized spacial score (nSPS) is 13.2. The van der Waals surface area contributed by atoms with Gasteiger partial charge in [-0.1, -0.05) is 54.4 Å². The average molecular weight is 624 g/mol. The summed E-state index contributed by atoms with van der Waals surface area (Å²) in [5.74, 6) is -1.26. The van der Waals surface area contributed by atoms with Gasteiger partial charge in [-0.15, -0.1) is 0 Å². The summed E-state index contributed by atoms with van der Waals surface area (Å²) in [6.45, 7) is 5.98. The standard InChI is InChI=1S/C30H33ClF3N3O4S/c1-5-21(3)35-29(39)22(4)36(18-23-8-6-10-25(31)16-23)28(38)19-37(26-11-7-9-24(17-26)30(32,33)34)42(40,41)27-14-12-20(2)13-15-27/h6-17,21-22H,5,18-19H2,1-4H3,(H,35,39)/t21-,22-/m0/s1. The van der Waals surface area contributed by atoms with Gasteiger partial charge in [-0.2, -0.15) is 13.2 Å². The lowest BCUT2D eigenvalue weighted by Gasteiger charge is -2.32. The van der Waals surface area contributed by atoms with Crippen molar-refractivity contribution in [3.8, 4) is 0 Å². The average Bonchev–Trinajstić information content (AvgIpc) is 2.93. The first-order valence-corrected chi connectivity index (χ1v) is 15.1. The monoisotopic (exact) mass is 623 g/mol. The Hall–Kier alpha value is -3.57. The molecule has 1 N–H and O–H groups in total. The molecule has 0 aliphatic carbocycles. The van der Waals surface area contributed by atoms with Crippen molar-refractivity contribution >= 4 is 39.1 Å². The molecule has 12 heteroatoms. The number of amides is 2. The SMILES string of the molecule is CC[C@H](C)NC(=O)[C@H](C)N(Cc1cccc(Cl)c1)C(=O)CN(c1cccc(C(F)(F)F)c1)S(=O)(=O)c1ccc(C)cc1. The lowest BCUT2D eigenvalue weighted by molar-refractivity contribution is -0.139. The fourth-order valence-electron chi connectivity index (χ4n) is 4.08. The van der Waals surface area contributed by atoms with E-state index in [4.69, 9.17) is 11.6 Å². The number of aryl methyl sites for hydroxylation is 1. The zero-order valence-electron chi connectivity index (χ0n) is 23.7. The van der Waals surface area contributed by atoms with Crippen LogP contribution in [0.3, 0.4) is 0 Å². The Balaban J connectivity index is 2.09. The van der Waals surface area contributed by atoms with Crippen molar-refractivity contribution in [2.24, 2.45) is 0 Å². The molecule has 2 amide bonds. The van der Waals surface area contributed by atoms with Crippen molar-refractivity contribution in [3.63, 3.8) is 0 Å². The van der Waals surface area contributed by atoms with Crippen molar-refractivity contribution in [1.29, 1.82) is 0 Å². The first-order valence-electron chi connectivity index (χ1n) is 13.2. The highest BCUT2D eigenvalue weighted by molar-refractivity contribution is 7.92. The van der Waals surface area contributed by atoms with E-state index in [1.807, 2.05) is 6.92 Å². The van der Waals surface area contributed by atoms with Crippen LogP contribution in [-0.2, 0) is 32.3 Å². The molecule has 226 valence electrons. The smallest absolute Gasteiger partial charge is 0.352 e. The number of anilines is 1. The summed E-state index contributed by atoms with van der Waals surface area (Å²) in [7, 11) is -4.51. The van der Waals surface area contributed by atoms with E-state index in [1.165, 1.54) is 30.0 Å². The second-order valence-corrected chi connectivity index (χ2v) is 12.3. The van der Waals surface area contributed by atoms with Crippen LogP contribution in [0, 0.1) is 6.92 Å². The summed E-state index contributed by atoms with van der Waals surface area (Å²) >= 11 is 6.13. The molecule has 7 nitrogen and oxygen atoms in total. The lowest BCUT2D eigenvalue weighted by Crippen LogP contribution is -2.52. The molecule has 0 unspecified atom stereocenters. The maximum atomic E-state index is 13.9. The van der Waals surface area contributed by atoms with Crippen molar-refractivity contribution in [2.45, 2.75) is 63.8 Å². The molecular weight excluding hydrogens is 591 g/mol. The lowest BCUT2D eigenvalue weighted by atomic mass is 10.1. The summed E-state index contributed by atoms with van der Waals surface area (Å²) in [5, 5.41) is 3.21. The van der Waals surface area contributed by atoms with Gasteiger partial charge in [-0.25, -0.2) is 8.42 Å². The summed E-state index contributed by atoms with van der Waals surface area (Å²) in [5.41, 5.74) is -0.0812. The number of carbonyl (C=O) groups is 2. The largest absolute Gasteiger partial charge is 0.416 e. The molecule has 3 aromatic carbocycles. The third-order valence-corrected chi connectivity index (χ3v) is 8.78. The molecule has 42 heavy (non-hydrogen) atoms. The topological polar surface area (TPSA) is 86.8 Å². The van der Waals surface area contributed by atoms with Crippen LogP contribution in [0.25, 0.3) is 0 Å². The molecule has 0 fully saturated rings. The summed E-state index contributed by atoms with van der Waals surface area (Å²) in [6, 6.07) is 14.9. The molecule has 3 aromatic rings. The Bertz CT molecular complexity index is 1510. The second-order valence-electron chi connectivity index (χ2n) is 10.0. The van der Waals surface area contributed by atoms with E-state index >= 15 is 0 Å². The maximum Gasteiger partial charge on any atom is 0.416 e. The first kappa shape index (κ1) is 32.9. The number of hydrogen-bond acceptors (Lipinski definition) is 4. The zero-order valence-corrected chi connectivity index (χ0v) is 25.2. The van der Waals surface area contributed by atoms with E-state index in [0.29, 0.717) is 27.4 Å². The third-order valence-electron chi connectivity index (χ3n) is 6.76. The first-order chi connectivity index (χ1) is 19.6. The summed E-state index contributed by atoms with van der Waals surface area (Å²) in [6.07, 6.45) is -4.11. The number of hydrogen-bond donors (Lipinski definition) is 1. The Morgan fingerprint density at radius 1 is 0.976 bits per heavy atom. The van der Waals surface area contributed by atoms with Gasteiger partial charge in [0, 0.05) is 17.6 Å². The molecule has 2 atom stereocenters. The van der Waals surface area contributed by atoms with Gasteiger partial charge in [-0.05, 0) is 75.2 Å². The van der Waals surface area contributed by atoms with Gasteiger partial charge in [0.05, 0.1) is 16.1 Å².